The molecule has 0 bridgehead atoms. The molecule has 0 atom stereocenters. The zero-order chi connectivity index (χ0) is 13.5. The number of rotatable bonds is 7. The van der Waals surface area contributed by atoms with Crippen LogP contribution in [0.3, 0.4) is 0 Å². The first-order chi connectivity index (χ1) is 8.47. The summed E-state index contributed by atoms with van der Waals surface area (Å²) in [5, 5.41) is 13.7. The smallest absolute Gasteiger partial charge is 0.317 e. The molecule has 1 rings (SSSR count). The van der Waals surface area contributed by atoms with Crippen molar-refractivity contribution >= 4 is 28.3 Å². The van der Waals surface area contributed by atoms with Crippen molar-refractivity contribution < 1.29 is 14.7 Å². The summed E-state index contributed by atoms with van der Waals surface area (Å²) in [5.41, 5.74) is 0. The molecule has 0 spiro atoms. The highest BCUT2D eigenvalue weighted by Crippen LogP contribution is 2.10. The zero-order valence-corrected chi connectivity index (χ0v) is 11.2. The van der Waals surface area contributed by atoms with E-state index in [0.29, 0.717) is 17.6 Å². The van der Waals surface area contributed by atoms with Gasteiger partial charge in [-0.25, -0.2) is 4.98 Å². The number of carboxylic acids is 1. The Balaban J connectivity index is 2.48. The molecule has 0 fully saturated rings. The van der Waals surface area contributed by atoms with Crippen LogP contribution < -0.4 is 5.32 Å². The van der Waals surface area contributed by atoms with E-state index in [1.807, 2.05) is 13.8 Å². The molecule has 0 aliphatic carbocycles. The maximum atomic E-state index is 11.7. The minimum absolute atomic E-state index is 0.0596. The molecule has 18 heavy (non-hydrogen) atoms. The average Bonchev–Trinajstić information content (AvgIpc) is 2.67. The fourth-order valence-electron chi connectivity index (χ4n) is 1.54. The molecule has 0 aliphatic heterocycles. The quantitative estimate of drug-likeness (QED) is 0.776. The highest BCUT2D eigenvalue weighted by Gasteiger charge is 2.15. The van der Waals surface area contributed by atoms with Gasteiger partial charge in [0, 0.05) is 18.1 Å². The largest absolute Gasteiger partial charge is 0.480 e. The lowest BCUT2D eigenvalue weighted by atomic mass is 10.2. The number of thiazole rings is 1. The third-order valence-corrected chi connectivity index (χ3v) is 2.72. The second kappa shape index (κ2) is 7.07. The molecule has 1 aromatic heterocycles. The summed E-state index contributed by atoms with van der Waals surface area (Å²) < 4.78 is 0. The Labute approximate surface area is 110 Å². The molecule has 0 saturated heterocycles. The number of carbonyl (C=O) groups excluding carboxylic acids is 1. The van der Waals surface area contributed by atoms with Crippen LogP contribution in [0.5, 0.6) is 0 Å². The van der Waals surface area contributed by atoms with Crippen LogP contribution >= 0.6 is 11.3 Å². The van der Waals surface area contributed by atoms with Crippen LogP contribution in [-0.4, -0.2) is 46.5 Å². The molecule has 1 heterocycles. The van der Waals surface area contributed by atoms with E-state index < -0.39 is 5.97 Å². The number of hydrogen-bond donors (Lipinski definition) is 2. The first-order valence-corrected chi connectivity index (χ1v) is 6.49. The predicted octanol–water partition coefficient (Wildman–Crippen LogP) is 1.12. The van der Waals surface area contributed by atoms with Crippen molar-refractivity contribution in [3.05, 3.63) is 11.6 Å². The summed E-state index contributed by atoms with van der Waals surface area (Å²) >= 11 is 1.33. The minimum Gasteiger partial charge on any atom is -0.480 e. The number of carbonyl (C=O) groups is 2. The molecular formula is C11H17N3O3S. The van der Waals surface area contributed by atoms with E-state index in [1.54, 1.807) is 16.5 Å². The third-order valence-electron chi connectivity index (χ3n) is 2.03. The van der Waals surface area contributed by atoms with Crippen molar-refractivity contribution in [2.24, 2.45) is 5.92 Å². The maximum absolute atomic E-state index is 11.7. The van der Waals surface area contributed by atoms with Gasteiger partial charge in [0.1, 0.15) is 0 Å². The Hall–Kier alpha value is -1.47. The molecule has 2 N–H and O–H groups in total. The summed E-state index contributed by atoms with van der Waals surface area (Å²) in [6, 6.07) is 0. The van der Waals surface area contributed by atoms with Crippen molar-refractivity contribution in [3.63, 3.8) is 0 Å². The summed E-state index contributed by atoms with van der Waals surface area (Å²) in [7, 11) is 0. The maximum Gasteiger partial charge on any atom is 0.317 e. The first-order valence-electron chi connectivity index (χ1n) is 5.61. The van der Waals surface area contributed by atoms with Gasteiger partial charge in [0.15, 0.2) is 5.13 Å². The van der Waals surface area contributed by atoms with Crippen molar-refractivity contribution in [1.29, 1.82) is 0 Å². The highest BCUT2D eigenvalue weighted by molar-refractivity contribution is 7.13. The first kappa shape index (κ1) is 14.6. The minimum atomic E-state index is -0.933. The Bertz CT molecular complexity index is 392. The molecule has 0 radical (unpaired) electrons. The van der Waals surface area contributed by atoms with Gasteiger partial charge in [0.25, 0.3) is 0 Å². The fourth-order valence-corrected chi connectivity index (χ4v) is 2.08. The average molecular weight is 271 g/mol. The second-order valence-corrected chi connectivity index (χ2v) is 5.24. The third kappa shape index (κ3) is 5.74. The van der Waals surface area contributed by atoms with Crippen molar-refractivity contribution in [2.45, 2.75) is 13.8 Å². The van der Waals surface area contributed by atoms with Gasteiger partial charge < -0.3 is 10.4 Å². The van der Waals surface area contributed by atoms with Crippen molar-refractivity contribution in [3.8, 4) is 0 Å². The SMILES string of the molecule is CC(C)CN(CC(=O)O)CC(=O)Nc1nccs1. The Morgan fingerprint density at radius 3 is 2.72 bits per heavy atom. The van der Waals surface area contributed by atoms with Gasteiger partial charge in [-0.3, -0.25) is 14.5 Å². The van der Waals surface area contributed by atoms with E-state index in [2.05, 4.69) is 10.3 Å². The van der Waals surface area contributed by atoms with Gasteiger partial charge in [0.05, 0.1) is 13.1 Å². The number of nitrogens with zero attached hydrogens (tertiary/aromatic N) is 2. The van der Waals surface area contributed by atoms with Crippen LogP contribution in [0.2, 0.25) is 0 Å². The van der Waals surface area contributed by atoms with E-state index in [1.165, 1.54) is 11.3 Å². The predicted molar refractivity (Wildman–Crippen MR) is 69.7 cm³/mol. The van der Waals surface area contributed by atoms with E-state index in [0.717, 1.165) is 0 Å². The lowest BCUT2D eigenvalue weighted by Gasteiger charge is -2.21. The van der Waals surface area contributed by atoms with Crippen molar-refractivity contribution in [1.82, 2.24) is 9.88 Å². The standard InChI is InChI=1S/C11H17N3O3S/c1-8(2)5-14(7-10(16)17)6-9(15)13-11-12-3-4-18-11/h3-4,8H,5-7H2,1-2H3,(H,16,17)(H,12,13,15). The van der Waals surface area contributed by atoms with Crippen LogP contribution in [0.1, 0.15) is 13.8 Å². The van der Waals surface area contributed by atoms with Crippen molar-refractivity contribution in [2.75, 3.05) is 25.0 Å². The normalized spacial score (nSPS) is 10.9. The van der Waals surface area contributed by atoms with Gasteiger partial charge >= 0.3 is 5.97 Å². The number of anilines is 1. The molecule has 0 aromatic carbocycles. The Morgan fingerprint density at radius 1 is 1.50 bits per heavy atom. The number of hydrogen-bond acceptors (Lipinski definition) is 5. The molecule has 0 aliphatic rings. The van der Waals surface area contributed by atoms with E-state index in [-0.39, 0.29) is 19.0 Å². The van der Waals surface area contributed by atoms with E-state index in [4.69, 9.17) is 5.11 Å². The number of aliphatic carboxylic acids is 1. The highest BCUT2D eigenvalue weighted by atomic mass is 32.1. The molecule has 7 heteroatoms. The lowest BCUT2D eigenvalue weighted by molar-refractivity contribution is -0.138. The Morgan fingerprint density at radius 2 is 2.22 bits per heavy atom. The number of aromatic nitrogens is 1. The summed E-state index contributed by atoms with van der Waals surface area (Å²) in [4.78, 5) is 28.0. The van der Waals surface area contributed by atoms with Crippen LogP contribution in [0.4, 0.5) is 5.13 Å². The van der Waals surface area contributed by atoms with E-state index >= 15 is 0 Å². The fraction of sp³-hybridized carbons (Fsp3) is 0.545. The monoisotopic (exact) mass is 271 g/mol. The van der Waals surface area contributed by atoms with Gasteiger partial charge in [-0.2, -0.15) is 0 Å². The molecule has 0 unspecified atom stereocenters. The molecule has 0 saturated carbocycles. The molecule has 6 nitrogen and oxygen atoms in total. The van der Waals surface area contributed by atoms with Gasteiger partial charge in [-0.1, -0.05) is 13.8 Å². The Kier molecular flexibility index (Phi) is 5.73. The van der Waals surface area contributed by atoms with Gasteiger partial charge in [0.2, 0.25) is 5.91 Å². The number of amides is 1. The van der Waals surface area contributed by atoms with Crippen LogP contribution in [0.25, 0.3) is 0 Å². The zero-order valence-electron chi connectivity index (χ0n) is 10.4. The van der Waals surface area contributed by atoms with Crippen LogP contribution in [0.15, 0.2) is 11.6 Å². The van der Waals surface area contributed by atoms with Gasteiger partial charge in [-0.05, 0) is 5.92 Å². The molecule has 100 valence electrons. The van der Waals surface area contributed by atoms with Gasteiger partial charge in [-0.15, -0.1) is 11.3 Å². The van der Waals surface area contributed by atoms with Crippen LogP contribution in [0, 0.1) is 5.92 Å². The molecular weight excluding hydrogens is 254 g/mol. The second-order valence-electron chi connectivity index (χ2n) is 4.34. The number of nitrogens with one attached hydrogen (secondary N) is 1. The number of carboxylic acid groups (broad SMARTS) is 1. The molecule has 1 amide bonds. The molecule has 1 aromatic rings. The van der Waals surface area contributed by atoms with E-state index in [9.17, 15) is 9.59 Å². The summed E-state index contributed by atoms with van der Waals surface area (Å²) in [5.74, 6) is -0.874. The van der Waals surface area contributed by atoms with Crippen LogP contribution in [-0.2, 0) is 9.59 Å². The summed E-state index contributed by atoms with van der Waals surface area (Å²) in [6.07, 6.45) is 1.60. The summed E-state index contributed by atoms with van der Waals surface area (Å²) in [6.45, 7) is 4.45. The lowest BCUT2D eigenvalue weighted by Crippen LogP contribution is -2.39. The topological polar surface area (TPSA) is 82.5 Å².